The molecule has 0 bridgehead atoms. The van der Waals surface area contributed by atoms with E-state index in [4.69, 9.17) is 11.6 Å². The quantitative estimate of drug-likeness (QED) is 0.711. The molecular weight excluding hydrogens is 449 g/mol. The van der Waals surface area contributed by atoms with Gasteiger partial charge in [-0.15, -0.1) is 0 Å². The van der Waals surface area contributed by atoms with E-state index in [1.54, 1.807) is 12.1 Å². The van der Waals surface area contributed by atoms with Crippen molar-refractivity contribution in [2.24, 2.45) is 0 Å². The fourth-order valence-corrected chi connectivity index (χ4v) is 3.51. The van der Waals surface area contributed by atoms with E-state index in [0.29, 0.717) is 15.2 Å². The van der Waals surface area contributed by atoms with Gasteiger partial charge in [0, 0.05) is 24.3 Å². The molecule has 0 aromatic heterocycles. The third kappa shape index (κ3) is 4.94. The largest absolute Gasteiger partial charge is 0.324 e. The minimum atomic E-state index is -3.96. The SMILES string of the molecule is CN(C)S(=O)(=O)N(CC(=O)Nc1ccc(Br)c(Cl)c1)c1ccc(F)cc1. The zero-order chi connectivity index (χ0) is 19.5. The Labute approximate surface area is 164 Å². The van der Waals surface area contributed by atoms with E-state index >= 15 is 0 Å². The first-order valence-corrected chi connectivity index (χ1v) is 9.88. The van der Waals surface area contributed by atoms with Gasteiger partial charge in [0.1, 0.15) is 12.4 Å². The number of nitrogens with zero attached hydrogens (tertiary/aromatic N) is 2. The Balaban J connectivity index is 2.27. The summed E-state index contributed by atoms with van der Waals surface area (Å²) in [6.45, 7) is -0.486. The van der Waals surface area contributed by atoms with Crippen molar-refractivity contribution in [2.75, 3.05) is 30.3 Å². The third-order valence-corrected chi connectivity index (χ3v) is 6.40. The Morgan fingerprint density at radius 3 is 2.35 bits per heavy atom. The van der Waals surface area contributed by atoms with Crippen molar-refractivity contribution in [3.8, 4) is 0 Å². The van der Waals surface area contributed by atoms with E-state index < -0.39 is 28.5 Å². The molecule has 0 aliphatic carbocycles. The molecule has 6 nitrogen and oxygen atoms in total. The van der Waals surface area contributed by atoms with E-state index in [0.717, 1.165) is 20.7 Å². The van der Waals surface area contributed by atoms with Gasteiger partial charge in [-0.3, -0.25) is 4.79 Å². The summed E-state index contributed by atoms with van der Waals surface area (Å²) < 4.78 is 40.8. The summed E-state index contributed by atoms with van der Waals surface area (Å²) in [5.74, 6) is -1.08. The Bertz CT molecular complexity index is 907. The van der Waals surface area contributed by atoms with Crippen LogP contribution in [0, 0.1) is 5.82 Å². The lowest BCUT2D eigenvalue weighted by Crippen LogP contribution is -2.44. The second kappa shape index (κ2) is 8.34. The highest BCUT2D eigenvalue weighted by Gasteiger charge is 2.27. The van der Waals surface area contributed by atoms with Crippen LogP contribution in [0.4, 0.5) is 15.8 Å². The number of hydrogen-bond donors (Lipinski definition) is 1. The van der Waals surface area contributed by atoms with Crippen LogP contribution in [-0.4, -0.2) is 39.3 Å². The first kappa shape index (κ1) is 20.6. The van der Waals surface area contributed by atoms with Crippen molar-refractivity contribution in [1.29, 1.82) is 0 Å². The number of carbonyl (C=O) groups is 1. The Kier molecular flexibility index (Phi) is 6.62. The number of nitrogens with one attached hydrogen (secondary N) is 1. The molecule has 26 heavy (non-hydrogen) atoms. The topological polar surface area (TPSA) is 69.7 Å². The molecule has 0 fully saturated rings. The zero-order valence-electron chi connectivity index (χ0n) is 13.9. The minimum absolute atomic E-state index is 0.170. The number of benzene rings is 2. The van der Waals surface area contributed by atoms with Crippen LogP contribution in [0.2, 0.25) is 5.02 Å². The highest BCUT2D eigenvalue weighted by Crippen LogP contribution is 2.26. The monoisotopic (exact) mass is 463 g/mol. The van der Waals surface area contributed by atoms with Gasteiger partial charge in [0.2, 0.25) is 5.91 Å². The van der Waals surface area contributed by atoms with E-state index in [2.05, 4.69) is 21.2 Å². The van der Waals surface area contributed by atoms with Gasteiger partial charge in [-0.1, -0.05) is 11.6 Å². The number of anilines is 2. The summed E-state index contributed by atoms with van der Waals surface area (Å²) in [5.41, 5.74) is 0.591. The van der Waals surface area contributed by atoms with Gasteiger partial charge in [0.25, 0.3) is 0 Å². The fourth-order valence-electron chi connectivity index (χ4n) is 2.02. The average Bonchev–Trinajstić information content (AvgIpc) is 2.57. The molecule has 2 aromatic rings. The molecular formula is C16H16BrClFN3O3S. The predicted octanol–water partition coefficient (Wildman–Crippen LogP) is 3.49. The normalized spacial score (nSPS) is 11.5. The van der Waals surface area contributed by atoms with Crippen LogP contribution >= 0.6 is 27.5 Å². The zero-order valence-corrected chi connectivity index (χ0v) is 17.1. The molecule has 0 atom stereocenters. The standard InChI is InChI=1S/C16H16BrClFN3O3S/c1-21(2)26(24,25)22(13-6-3-11(19)4-7-13)10-16(23)20-12-5-8-14(17)15(18)9-12/h3-9H,10H2,1-2H3,(H,20,23). The number of amides is 1. The van der Waals surface area contributed by atoms with Gasteiger partial charge in [-0.05, 0) is 58.4 Å². The van der Waals surface area contributed by atoms with Crippen LogP contribution in [0.5, 0.6) is 0 Å². The maximum absolute atomic E-state index is 13.2. The molecule has 1 amide bonds. The first-order chi connectivity index (χ1) is 12.1. The van der Waals surface area contributed by atoms with Crippen LogP contribution in [-0.2, 0) is 15.0 Å². The summed E-state index contributed by atoms with van der Waals surface area (Å²) in [4.78, 5) is 12.4. The van der Waals surface area contributed by atoms with Crippen molar-refractivity contribution in [1.82, 2.24) is 4.31 Å². The Hall–Kier alpha value is -1.68. The average molecular weight is 465 g/mol. The second-order valence-corrected chi connectivity index (χ2v) is 8.78. The molecule has 2 aromatic carbocycles. The molecule has 0 aliphatic rings. The number of rotatable bonds is 6. The van der Waals surface area contributed by atoms with Gasteiger partial charge >= 0.3 is 10.2 Å². The summed E-state index contributed by atoms with van der Waals surface area (Å²) in [7, 11) is -1.27. The third-order valence-electron chi connectivity index (χ3n) is 3.35. The lowest BCUT2D eigenvalue weighted by molar-refractivity contribution is -0.114. The van der Waals surface area contributed by atoms with Crippen molar-refractivity contribution < 1.29 is 17.6 Å². The lowest BCUT2D eigenvalue weighted by Gasteiger charge is -2.26. The fraction of sp³-hybridized carbons (Fsp3) is 0.188. The minimum Gasteiger partial charge on any atom is -0.324 e. The summed E-state index contributed by atoms with van der Waals surface area (Å²) in [5, 5.41) is 2.99. The van der Waals surface area contributed by atoms with Crippen LogP contribution < -0.4 is 9.62 Å². The van der Waals surface area contributed by atoms with E-state index in [-0.39, 0.29) is 5.69 Å². The van der Waals surface area contributed by atoms with Gasteiger partial charge in [-0.25, -0.2) is 8.70 Å². The summed E-state index contributed by atoms with van der Waals surface area (Å²) >= 11 is 9.23. The number of carbonyl (C=O) groups excluding carboxylic acids is 1. The van der Waals surface area contributed by atoms with Crippen molar-refractivity contribution in [3.63, 3.8) is 0 Å². The van der Waals surface area contributed by atoms with Gasteiger partial charge < -0.3 is 5.32 Å². The number of hydrogen-bond acceptors (Lipinski definition) is 3. The van der Waals surface area contributed by atoms with Gasteiger partial charge in [-0.2, -0.15) is 12.7 Å². The number of halogens is 3. The van der Waals surface area contributed by atoms with Crippen molar-refractivity contribution in [3.05, 3.63) is 57.8 Å². The molecule has 0 saturated heterocycles. The van der Waals surface area contributed by atoms with Crippen LogP contribution in [0.15, 0.2) is 46.9 Å². The van der Waals surface area contributed by atoms with Gasteiger partial charge in [0.05, 0.1) is 10.7 Å². The molecule has 0 spiro atoms. The summed E-state index contributed by atoms with van der Waals surface area (Å²) in [6, 6.07) is 9.65. The maximum atomic E-state index is 13.2. The Morgan fingerprint density at radius 1 is 1.19 bits per heavy atom. The van der Waals surface area contributed by atoms with Crippen molar-refractivity contribution in [2.45, 2.75) is 0 Å². The molecule has 2 rings (SSSR count). The molecule has 0 aliphatic heterocycles. The van der Waals surface area contributed by atoms with E-state index in [1.807, 2.05) is 0 Å². The first-order valence-electron chi connectivity index (χ1n) is 7.32. The summed E-state index contributed by atoms with van der Waals surface area (Å²) in [6.07, 6.45) is 0. The molecule has 140 valence electrons. The second-order valence-electron chi connectivity index (χ2n) is 5.45. The molecule has 0 radical (unpaired) electrons. The van der Waals surface area contributed by atoms with Crippen LogP contribution in [0.1, 0.15) is 0 Å². The molecule has 1 N–H and O–H groups in total. The Morgan fingerprint density at radius 2 is 1.81 bits per heavy atom. The smallest absolute Gasteiger partial charge is 0.304 e. The van der Waals surface area contributed by atoms with Crippen LogP contribution in [0.25, 0.3) is 0 Å². The highest BCUT2D eigenvalue weighted by molar-refractivity contribution is 9.10. The lowest BCUT2D eigenvalue weighted by atomic mass is 10.3. The van der Waals surface area contributed by atoms with Crippen LogP contribution in [0.3, 0.4) is 0 Å². The molecule has 0 saturated carbocycles. The highest BCUT2D eigenvalue weighted by atomic mass is 79.9. The van der Waals surface area contributed by atoms with E-state index in [1.165, 1.54) is 32.3 Å². The molecule has 0 unspecified atom stereocenters. The van der Waals surface area contributed by atoms with Gasteiger partial charge in [0.15, 0.2) is 0 Å². The predicted molar refractivity (Wildman–Crippen MR) is 104 cm³/mol. The van der Waals surface area contributed by atoms with E-state index in [9.17, 15) is 17.6 Å². The molecule has 10 heteroatoms. The molecule has 0 heterocycles. The maximum Gasteiger partial charge on any atom is 0.304 e. The van der Waals surface area contributed by atoms with Crippen molar-refractivity contribution >= 4 is 55.0 Å².